The van der Waals surface area contributed by atoms with Crippen LogP contribution in [0.5, 0.6) is 5.75 Å². The smallest absolute Gasteiger partial charge is 0.123 e. The van der Waals surface area contributed by atoms with Crippen LogP contribution in [0, 0.1) is 6.92 Å². The molecule has 0 saturated heterocycles. The number of aryl methyl sites for hydroxylation is 1. The van der Waals surface area contributed by atoms with Crippen LogP contribution in [0.15, 0.2) is 36.9 Å². The highest BCUT2D eigenvalue weighted by Crippen LogP contribution is 2.20. The Bertz CT molecular complexity index is 485. The molecule has 0 aliphatic rings. The van der Waals surface area contributed by atoms with Crippen LogP contribution in [0.4, 0.5) is 5.69 Å². The van der Waals surface area contributed by atoms with E-state index >= 15 is 0 Å². The van der Waals surface area contributed by atoms with Gasteiger partial charge in [-0.05, 0) is 13.0 Å². The highest BCUT2D eigenvalue weighted by Gasteiger charge is 2.02. The van der Waals surface area contributed by atoms with E-state index in [1.807, 2.05) is 12.1 Å². The van der Waals surface area contributed by atoms with E-state index in [-0.39, 0.29) is 0 Å². The van der Waals surface area contributed by atoms with Crippen molar-refractivity contribution in [3.05, 3.63) is 48.0 Å². The first-order chi connectivity index (χ1) is 8.29. The van der Waals surface area contributed by atoms with Crippen molar-refractivity contribution >= 4 is 5.69 Å². The second-order valence-corrected chi connectivity index (χ2v) is 3.80. The van der Waals surface area contributed by atoms with Crippen LogP contribution in [0.25, 0.3) is 0 Å². The summed E-state index contributed by atoms with van der Waals surface area (Å²) < 4.78 is 5.32. The molecule has 0 amide bonds. The summed E-state index contributed by atoms with van der Waals surface area (Å²) >= 11 is 0. The van der Waals surface area contributed by atoms with Crippen LogP contribution in [-0.2, 0) is 6.54 Å². The van der Waals surface area contributed by atoms with Crippen molar-refractivity contribution in [3.63, 3.8) is 0 Å². The molecule has 0 aliphatic carbocycles. The molecule has 1 heterocycles. The van der Waals surface area contributed by atoms with Crippen molar-refractivity contribution in [1.29, 1.82) is 0 Å². The number of methoxy groups -OCH3 is 1. The Hall–Kier alpha value is -2.10. The fourth-order valence-electron chi connectivity index (χ4n) is 1.63. The highest BCUT2D eigenvalue weighted by atomic mass is 16.5. The van der Waals surface area contributed by atoms with E-state index in [1.54, 1.807) is 19.5 Å². The summed E-state index contributed by atoms with van der Waals surface area (Å²) in [6, 6.07) is 6.12. The van der Waals surface area contributed by atoms with Crippen molar-refractivity contribution in [1.82, 2.24) is 9.97 Å². The monoisotopic (exact) mass is 229 g/mol. The summed E-state index contributed by atoms with van der Waals surface area (Å²) in [6.07, 6.45) is 5.00. The Morgan fingerprint density at radius 1 is 1.24 bits per heavy atom. The van der Waals surface area contributed by atoms with E-state index in [0.717, 1.165) is 17.0 Å². The lowest BCUT2D eigenvalue weighted by atomic mass is 10.1. The first kappa shape index (κ1) is 11.4. The number of nitrogens with zero attached hydrogens (tertiary/aromatic N) is 2. The molecule has 4 nitrogen and oxygen atoms in total. The second-order valence-electron chi connectivity index (χ2n) is 3.80. The Morgan fingerprint density at radius 2 is 2.00 bits per heavy atom. The molecule has 1 aromatic carbocycles. The lowest BCUT2D eigenvalue weighted by molar-refractivity contribution is 0.410. The number of anilines is 1. The third-order valence-corrected chi connectivity index (χ3v) is 2.48. The maximum absolute atomic E-state index is 5.32. The molecular weight excluding hydrogens is 214 g/mol. The van der Waals surface area contributed by atoms with Crippen LogP contribution in [0.1, 0.15) is 11.1 Å². The summed E-state index contributed by atoms with van der Waals surface area (Å²) in [7, 11) is 1.68. The van der Waals surface area contributed by atoms with Gasteiger partial charge in [0.05, 0.1) is 25.2 Å². The second kappa shape index (κ2) is 5.30. The standard InChI is InChI=1S/C13H15N3O/c1-10-3-4-13(17-2)11(5-10)6-16-12-7-14-9-15-8-12/h3-5,7-9,16H,6H2,1-2H3. The van der Waals surface area contributed by atoms with E-state index in [2.05, 4.69) is 28.3 Å². The zero-order valence-corrected chi connectivity index (χ0v) is 9.97. The van der Waals surface area contributed by atoms with Crippen LogP contribution in [0.3, 0.4) is 0 Å². The Kier molecular flexibility index (Phi) is 3.55. The maximum atomic E-state index is 5.32. The molecule has 1 aromatic heterocycles. The van der Waals surface area contributed by atoms with Gasteiger partial charge in [0.15, 0.2) is 0 Å². The van der Waals surface area contributed by atoms with Gasteiger partial charge < -0.3 is 10.1 Å². The van der Waals surface area contributed by atoms with Gasteiger partial charge >= 0.3 is 0 Å². The van der Waals surface area contributed by atoms with Gasteiger partial charge in [-0.25, -0.2) is 9.97 Å². The third kappa shape index (κ3) is 2.93. The summed E-state index contributed by atoms with van der Waals surface area (Å²) in [5.41, 5.74) is 3.24. The van der Waals surface area contributed by atoms with Crippen LogP contribution in [0.2, 0.25) is 0 Å². The van der Waals surface area contributed by atoms with Crippen molar-refractivity contribution in [3.8, 4) is 5.75 Å². The maximum Gasteiger partial charge on any atom is 0.123 e. The molecule has 0 aliphatic heterocycles. The number of rotatable bonds is 4. The fraction of sp³-hybridized carbons (Fsp3) is 0.231. The molecular formula is C13H15N3O. The average molecular weight is 229 g/mol. The molecule has 17 heavy (non-hydrogen) atoms. The summed E-state index contributed by atoms with van der Waals surface area (Å²) in [5.74, 6) is 0.889. The number of benzene rings is 1. The van der Waals surface area contributed by atoms with Gasteiger partial charge in [-0.3, -0.25) is 0 Å². The van der Waals surface area contributed by atoms with Crippen LogP contribution in [-0.4, -0.2) is 17.1 Å². The van der Waals surface area contributed by atoms with Gasteiger partial charge in [-0.15, -0.1) is 0 Å². The summed E-state index contributed by atoms with van der Waals surface area (Å²) in [6.45, 7) is 2.76. The molecule has 4 heteroatoms. The topological polar surface area (TPSA) is 47.0 Å². The number of hydrogen-bond donors (Lipinski definition) is 1. The van der Waals surface area contributed by atoms with E-state index in [9.17, 15) is 0 Å². The van der Waals surface area contributed by atoms with E-state index in [4.69, 9.17) is 4.74 Å². The van der Waals surface area contributed by atoms with Crippen LogP contribution >= 0.6 is 0 Å². The van der Waals surface area contributed by atoms with Gasteiger partial charge in [0, 0.05) is 12.1 Å². The molecule has 0 bridgehead atoms. The molecule has 0 radical (unpaired) electrons. The minimum atomic E-state index is 0.693. The van der Waals surface area contributed by atoms with E-state index in [0.29, 0.717) is 6.54 Å². The van der Waals surface area contributed by atoms with Gasteiger partial charge in [-0.1, -0.05) is 17.7 Å². The Labute approximate surface area is 101 Å². The third-order valence-electron chi connectivity index (χ3n) is 2.48. The fourth-order valence-corrected chi connectivity index (χ4v) is 1.63. The first-order valence-electron chi connectivity index (χ1n) is 5.42. The zero-order valence-electron chi connectivity index (χ0n) is 9.97. The quantitative estimate of drug-likeness (QED) is 0.874. The lowest BCUT2D eigenvalue weighted by Gasteiger charge is -2.10. The molecule has 2 rings (SSSR count). The molecule has 88 valence electrons. The van der Waals surface area contributed by atoms with Crippen molar-refractivity contribution in [2.45, 2.75) is 13.5 Å². The number of nitrogens with one attached hydrogen (secondary N) is 1. The largest absolute Gasteiger partial charge is 0.496 e. The van der Waals surface area contributed by atoms with Gasteiger partial charge in [0.2, 0.25) is 0 Å². The number of ether oxygens (including phenoxy) is 1. The molecule has 0 atom stereocenters. The van der Waals surface area contributed by atoms with Gasteiger partial charge in [0.25, 0.3) is 0 Å². The normalized spacial score (nSPS) is 10.0. The minimum Gasteiger partial charge on any atom is -0.496 e. The van der Waals surface area contributed by atoms with Crippen molar-refractivity contribution in [2.75, 3.05) is 12.4 Å². The van der Waals surface area contributed by atoms with Crippen molar-refractivity contribution in [2.24, 2.45) is 0 Å². The molecule has 0 saturated carbocycles. The highest BCUT2D eigenvalue weighted by molar-refractivity contribution is 5.42. The first-order valence-corrected chi connectivity index (χ1v) is 5.42. The van der Waals surface area contributed by atoms with Crippen LogP contribution < -0.4 is 10.1 Å². The predicted octanol–water partition coefficient (Wildman–Crippen LogP) is 2.41. The molecule has 0 spiro atoms. The van der Waals surface area contributed by atoms with Crippen molar-refractivity contribution < 1.29 is 4.74 Å². The molecule has 0 fully saturated rings. The predicted molar refractivity (Wildman–Crippen MR) is 67.1 cm³/mol. The van der Waals surface area contributed by atoms with Gasteiger partial charge in [-0.2, -0.15) is 0 Å². The molecule has 0 unspecified atom stereocenters. The molecule has 1 N–H and O–H groups in total. The van der Waals surface area contributed by atoms with Gasteiger partial charge in [0.1, 0.15) is 12.1 Å². The number of aromatic nitrogens is 2. The summed E-state index contributed by atoms with van der Waals surface area (Å²) in [4.78, 5) is 7.90. The Morgan fingerprint density at radius 3 is 2.71 bits per heavy atom. The summed E-state index contributed by atoms with van der Waals surface area (Å²) in [5, 5.41) is 3.26. The lowest BCUT2D eigenvalue weighted by Crippen LogP contribution is -2.02. The van der Waals surface area contributed by atoms with E-state index in [1.165, 1.54) is 11.9 Å². The zero-order chi connectivity index (χ0) is 12.1. The molecule has 2 aromatic rings. The average Bonchev–Trinajstić information content (AvgIpc) is 2.38. The van der Waals surface area contributed by atoms with E-state index < -0.39 is 0 Å². The number of hydrogen-bond acceptors (Lipinski definition) is 4. The Balaban J connectivity index is 2.11. The minimum absolute atomic E-state index is 0.693. The SMILES string of the molecule is COc1ccc(C)cc1CNc1cncnc1.